The second kappa shape index (κ2) is 16.8. The molecule has 0 unspecified atom stereocenters. The van der Waals surface area contributed by atoms with Gasteiger partial charge in [0.15, 0.2) is 0 Å². The fourth-order valence-corrected chi connectivity index (χ4v) is 0. The maximum absolute atomic E-state index is 5.72. The second-order valence-corrected chi connectivity index (χ2v) is 0. The van der Waals surface area contributed by atoms with E-state index in [1.54, 1.807) is 0 Å². The zero-order valence-electron chi connectivity index (χ0n) is 5.51. The smallest absolute Gasteiger partial charge is 0.107 e. The molecule has 0 aromatic heterocycles. The SMILES string of the molecule is [2H]I.[2H]I.[2H]I.[2H]I. The van der Waals surface area contributed by atoms with Crippen LogP contribution in [-0.4, -0.2) is 2.38 Å². The van der Waals surface area contributed by atoms with Crippen LogP contribution in [0.1, 0.15) is 0 Å². The van der Waals surface area contributed by atoms with Crippen LogP contribution in [0.2, 0.25) is 0 Å². The first-order valence-corrected chi connectivity index (χ1v) is 0. The predicted octanol–water partition coefficient (Wildman–Crippen LogP) is 2.47. The summed E-state index contributed by atoms with van der Waals surface area (Å²) in [4.78, 5) is 0. The van der Waals surface area contributed by atoms with Gasteiger partial charge in [-0.1, -0.05) is 0 Å². The highest BCUT2D eigenvalue weighted by Gasteiger charge is -0.104. The van der Waals surface area contributed by atoms with E-state index in [0.717, 1.165) is 0 Å². The van der Waals surface area contributed by atoms with Gasteiger partial charge in [-0.2, -0.15) is 0 Å². The maximum Gasteiger partial charge on any atom is 0.107 e. The van der Waals surface area contributed by atoms with Crippen molar-refractivity contribution < 1.29 is 0 Å². The van der Waals surface area contributed by atoms with Crippen molar-refractivity contribution in [1.29, 1.82) is 2.38 Å². The van der Waals surface area contributed by atoms with E-state index in [4.69, 9.17) is 2.38 Å². The number of hydrogen-bond acceptors (Lipinski definition) is 0. The molecule has 0 aromatic rings. The van der Waals surface area contributed by atoms with E-state index in [1.165, 1.54) is 95.1 Å². The van der Waals surface area contributed by atoms with Crippen LogP contribution in [0.25, 0.3) is 0 Å². The molecule has 4 heavy (non-hydrogen) atoms. The van der Waals surface area contributed by atoms with Crippen LogP contribution >= 0.6 is 95.1 Å². The van der Waals surface area contributed by atoms with E-state index in [9.17, 15) is 0 Å². The summed E-state index contributed by atoms with van der Waals surface area (Å²) in [6.45, 7) is 0. The van der Waals surface area contributed by atoms with Crippen molar-refractivity contribution in [2.75, 3.05) is 0 Å². The Morgan fingerprint density at radius 3 is 0.750 bits per heavy atom. The Kier molecular flexibility index (Phi) is 21.3. The van der Waals surface area contributed by atoms with Crippen molar-refractivity contribution in [3.05, 3.63) is 0 Å². The van der Waals surface area contributed by atoms with Crippen LogP contribution in [0.3, 0.4) is 0 Å². The van der Waals surface area contributed by atoms with Crippen molar-refractivity contribution in [3.63, 3.8) is 0 Å². The summed E-state index contributed by atoms with van der Waals surface area (Å²) in [5.74, 6) is 0. The first-order valence-electron chi connectivity index (χ1n) is 1.51. The maximum atomic E-state index is 5.72. The standard InChI is InChI=1S/4HI/h4*1H/i/hD4. The van der Waals surface area contributed by atoms with E-state index >= 15 is 0 Å². The van der Waals surface area contributed by atoms with Gasteiger partial charge in [0.25, 0.3) is 0 Å². The fraction of sp³-hybridized carbons (Fsp3) is 0. The monoisotopic (exact) mass is 516 g/mol. The lowest BCUT2D eigenvalue weighted by Gasteiger charge is -0.108. The highest BCUT2D eigenvalue weighted by molar-refractivity contribution is 14.0. The minimum absolute atomic E-state index is 1.40. The van der Waals surface area contributed by atoms with Gasteiger partial charge >= 0.3 is 0 Å². The van der Waals surface area contributed by atoms with Crippen molar-refractivity contribution in [2.24, 2.45) is 0 Å². The molecule has 0 bridgehead atoms. The Balaban J connectivity index is -0.0000000133. The summed E-state index contributed by atoms with van der Waals surface area (Å²) in [7, 11) is 0. The Morgan fingerprint density at radius 2 is 0.750 bits per heavy atom. The lowest BCUT2D eigenvalue weighted by Crippen LogP contribution is 0.885. The van der Waals surface area contributed by atoms with Gasteiger partial charge in [-0.05, 0) is 0 Å². The van der Waals surface area contributed by atoms with Gasteiger partial charge in [0, 0.05) is 0 Å². The third-order valence-corrected chi connectivity index (χ3v) is 0. The third-order valence-electron chi connectivity index (χ3n) is 0. The molecule has 0 atom stereocenters. The molecule has 0 rings (SSSR count). The van der Waals surface area contributed by atoms with Crippen molar-refractivity contribution in [1.82, 2.24) is 0 Å². The molecule has 4 heteroatoms. The Labute approximate surface area is 95.8 Å². The van der Waals surface area contributed by atoms with Gasteiger partial charge in [0.1, 0.15) is 2.38 Å². The van der Waals surface area contributed by atoms with Gasteiger partial charge in [0.05, 0.1) is 0 Å². The number of halogens is 4. The molecule has 0 amide bonds. The molecule has 0 aliphatic carbocycles. The van der Waals surface area contributed by atoms with Crippen LogP contribution < -0.4 is 0 Å². The first kappa shape index (κ1) is 5.06. The second-order valence-electron chi connectivity index (χ2n) is 0. The molecule has 0 saturated heterocycles. The lowest BCUT2D eigenvalue weighted by atomic mass is 127. The number of rotatable bonds is 0. The topological polar surface area (TPSA) is 0 Å². The van der Waals surface area contributed by atoms with Crippen LogP contribution in [0.5, 0.6) is 0 Å². The summed E-state index contributed by atoms with van der Waals surface area (Å²) in [6, 6.07) is 0. The Bertz CT molecular complexity index is 8.00. The summed E-state index contributed by atoms with van der Waals surface area (Å²) >= 11 is 5.60. The van der Waals surface area contributed by atoms with Crippen molar-refractivity contribution >= 4 is 95.1 Å². The average Bonchev–Trinajstić information content (AvgIpc) is 2.03. The molecular weight excluding hydrogens is 508 g/mol. The van der Waals surface area contributed by atoms with Gasteiger partial charge < -0.3 is 0 Å². The minimum Gasteiger partial charge on any atom is -0.107 e. The normalized spacial score (nSPS) is 7.00. The van der Waals surface area contributed by atoms with Crippen LogP contribution in [0.15, 0.2) is 0 Å². The molecule has 0 saturated carbocycles. The summed E-state index contributed by atoms with van der Waals surface area (Å²) in [5, 5.41) is 0. The highest BCUT2D eigenvalue weighted by atomic mass is 127. The average molecular weight is 516 g/mol. The first-order chi connectivity index (χ1) is 4.00. The Morgan fingerprint density at radius 1 is 0.750 bits per heavy atom. The summed E-state index contributed by atoms with van der Waals surface area (Å²) < 4.78 is 22.9. The third kappa shape index (κ3) is 8.87. The van der Waals surface area contributed by atoms with E-state index in [0.29, 0.717) is 0 Å². The molecule has 0 aliphatic rings. The van der Waals surface area contributed by atoms with Crippen LogP contribution in [0, 0.1) is 0 Å². The van der Waals surface area contributed by atoms with E-state index in [2.05, 4.69) is 0 Å². The fourth-order valence-electron chi connectivity index (χ4n) is 0. The zero-order chi connectivity index (χ0) is 8.00. The molecule has 0 N–H and O–H groups in total. The molecule has 0 aromatic carbocycles. The predicted molar refractivity (Wildman–Crippen MR) is 61.7 cm³/mol. The zero-order valence-corrected chi connectivity index (χ0v) is 10.1. The van der Waals surface area contributed by atoms with E-state index < -0.39 is 0 Å². The molecule has 0 aliphatic heterocycles. The molecule has 32 valence electrons. The van der Waals surface area contributed by atoms with Crippen LogP contribution in [0.4, 0.5) is 0 Å². The van der Waals surface area contributed by atoms with Gasteiger partial charge in [-0.3, -0.25) is 0 Å². The largest absolute Gasteiger partial charge is 0.107 e. The summed E-state index contributed by atoms with van der Waals surface area (Å²) in [6.07, 6.45) is 0. The molecular formula is H4I4. The van der Waals surface area contributed by atoms with Gasteiger partial charge in [-0.15, -0.1) is 95.1 Å². The van der Waals surface area contributed by atoms with Crippen molar-refractivity contribution in [3.8, 4) is 0 Å². The van der Waals surface area contributed by atoms with Gasteiger partial charge in [0.2, 0.25) is 0 Å². The quantitative estimate of drug-likeness (QED) is 0.435. The lowest BCUT2D eigenvalue weighted by molar-refractivity contribution is 14.0. The molecule has 0 heterocycles. The molecule has 0 fully saturated rings. The highest BCUT2D eigenvalue weighted by Crippen LogP contribution is 0.889. The van der Waals surface area contributed by atoms with Crippen molar-refractivity contribution in [2.45, 2.75) is 0 Å². The van der Waals surface area contributed by atoms with Crippen LogP contribution in [-0.2, 0) is 0 Å². The molecule has 0 radical (unpaired) electrons. The van der Waals surface area contributed by atoms with E-state index in [-0.39, 0.29) is 0 Å². The Hall–Kier alpha value is 2.92. The van der Waals surface area contributed by atoms with E-state index in [1.807, 2.05) is 0 Å². The summed E-state index contributed by atoms with van der Waals surface area (Å²) in [5.41, 5.74) is 0. The van der Waals surface area contributed by atoms with Gasteiger partial charge in [-0.25, -0.2) is 0 Å². The minimum atomic E-state index is 1.40. The molecule has 0 spiro atoms. The number of hydrogen-bond donors (Lipinski definition) is 0. The molecule has 0 nitrogen and oxygen atoms in total.